The minimum atomic E-state index is -3.73. The van der Waals surface area contributed by atoms with Gasteiger partial charge in [-0.1, -0.05) is 30.3 Å². The first-order valence-corrected chi connectivity index (χ1v) is 11.6. The van der Waals surface area contributed by atoms with Crippen molar-refractivity contribution in [3.63, 3.8) is 0 Å². The van der Waals surface area contributed by atoms with Gasteiger partial charge in [0, 0.05) is 26.2 Å². The molecule has 1 atom stereocenters. The van der Waals surface area contributed by atoms with Gasteiger partial charge in [-0.15, -0.1) is 0 Å². The minimum absolute atomic E-state index is 0.105. The number of anilines is 1. The highest BCUT2D eigenvalue weighted by atomic mass is 32.2. The van der Waals surface area contributed by atoms with Gasteiger partial charge in [-0.3, -0.25) is 9.10 Å². The van der Waals surface area contributed by atoms with Gasteiger partial charge in [-0.2, -0.15) is 12.7 Å². The molecular weight excluding hydrogens is 402 g/mol. The molecule has 162 valence electrons. The van der Waals surface area contributed by atoms with Crippen LogP contribution >= 0.6 is 0 Å². The van der Waals surface area contributed by atoms with Gasteiger partial charge in [-0.05, 0) is 49.6 Å². The first-order valence-electron chi connectivity index (χ1n) is 10.2. The Labute approximate surface area is 178 Å². The molecule has 1 amide bonds. The monoisotopic (exact) mass is 431 g/mol. The van der Waals surface area contributed by atoms with Crippen molar-refractivity contribution < 1.29 is 17.9 Å². The molecule has 0 aliphatic carbocycles. The molecule has 1 saturated heterocycles. The molecule has 3 rings (SSSR count). The molecule has 2 aromatic carbocycles. The topological polar surface area (TPSA) is 79.0 Å². The number of amides is 1. The summed E-state index contributed by atoms with van der Waals surface area (Å²) in [5.41, 5.74) is 1.59. The van der Waals surface area contributed by atoms with Gasteiger partial charge in [0.25, 0.3) is 0 Å². The Hall–Kier alpha value is -2.58. The highest BCUT2D eigenvalue weighted by Gasteiger charge is 2.35. The van der Waals surface area contributed by atoms with Crippen molar-refractivity contribution in [1.29, 1.82) is 0 Å². The number of methoxy groups -OCH3 is 1. The van der Waals surface area contributed by atoms with Gasteiger partial charge in [0.05, 0.1) is 18.7 Å². The van der Waals surface area contributed by atoms with Gasteiger partial charge in [0.2, 0.25) is 5.91 Å². The lowest BCUT2D eigenvalue weighted by molar-refractivity contribution is -0.126. The van der Waals surface area contributed by atoms with E-state index in [0.29, 0.717) is 43.9 Å². The lowest BCUT2D eigenvalue weighted by Crippen LogP contribution is -2.50. The van der Waals surface area contributed by atoms with Gasteiger partial charge in [-0.25, -0.2) is 0 Å². The molecule has 1 fully saturated rings. The molecule has 1 unspecified atom stereocenters. The fraction of sp³-hybridized carbons (Fsp3) is 0.409. The smallest absolute Gasteiger partial charge is 0.304 e. The number of ether oxygens (including phenoxy) is 1. The Morgan fingerprint density at radius 3 is 2.50 bits per heavy atom. The van der Waals surface area contributed by atoms with Crippen molar-refractivity contribution in [3.8, 4) is 5.75 Å². The molecule has 0 radical (unpaired) electrons. The van der Waals surface area contributed by atoms with Crippen LogP contribution < -0.4 is 14.4 Å². The summed E-state index contributed by atoms with van der Waals surface area (Å²) in [6.07, 6.45) is 1.34. The molecule has 2 aromatic rings. The summed E-state index contributed by atoms with van der Waals surface area (Å²) in [6, 6.07) is 16.6. The van der Waals surface area contributed by atoms with E-state index in [4.69, 9.17) is 4.74 Å². The first kappa shape index (κ1) is 22.1. The Bertz CT molecular complexity index is 933. The molecule has 0 spiro atoms. The number of carbonyl (C=O) groups excluding carboxylic acids is 1. The van der Waals surface area contributed by atoms with Gasteiger partial charge in [0.15, 0.2) is 0 Å². The van der Waals surface area contributed by atoms with Crippen LogP contribution in [-0.2, 0) is 21.5 Å². The first-order chi connectivity index (χ1) is 14.5. The second kappa shape index (κ2) is 9.95. The fourth-order valence-corrected chi connectivity index (χ4v) is 5.38. The highest BCUT2D eigenvalue weighted by Crippen LogP contribution is 2.26. The maximum Gasteiger partial charge on any atom is 0.304 e. The molecule has 0 bridgehead atoms. The van der Waals surface area contributed by atoms with Crippen molar-refractivity contribution in [2.75, 3.05) is 31.0 Å². The molecule has 7 nitrogen and oxygen atoms in total. The van der Waals surface area contributed by atoms with Gasteiger partial charge >= 0.3 is 10.2 Å². The zero-order valence-corrected chi connectivity index (χ0v) is 18.3. The van der Waals surface area contributed by atoms with Crippen LogP contribution in [0.25, 0.3) is 0 Å². The van der Waals surface area contributed by atoms with E-state index < -0.39 is 10.2 Å². The number of hydrogen-bond acceptors (Lipinski definition) is 4. The number of nitrogens with one attached hydrogen (secondary N) is 1. The summed E-state index contributed by atoms with van der Waals surface area (Å²) in [4.78, 5) is 12.7. The zero-order chi connectivity index (χ0) is 21.6. The van der Waals surface area contributed by atoms with Crippen molar-refractivity contribution in [2.45, 2.75) is 26.3 Å². The third-order valence-corrected chi connectivity index (χ3v) is 7.33. The maximum absolute atomic E-state index is 13.3. The predicted octanol–water partition coefficient (Wildman–Crippen LogP) is 2.79. The van der Waals surface area contributed by atoms with Crippen LogP contribution in [0.5, 0.6) is 5.75 Å². The predicted molar refractivity (Wildman–Crippen MR) is 118 cm³/mol. The van der Waals surface area contributed by atoms with Crippen LogP contribution in [0.15, 0.2) is 54.6 Å². The third kappa shape index (κ3) is 5.12. The molecule has 0 aromatic heterocycles. The second-order valence-electron chi connectivity index (χ2n) is 7.27. The molecule has 1 aliphatic heterocycles. The van der Waals surface area contributed by atoms with Crippen molar-refractivity contribution in [3.05, 3.63) is 60.2 Å². The molecule has 1 aliphatic rings. The summed E-state index contributed by atoms with van der Waals surface area (Å²) in [7, 11) is -2.17. The Morgan fingerprint density at radius 2 is 1.87 bits per heavy atom. The molecule has 8 heteroatoms. The van der Waals surface area contributed by atoms with Crippen LogP contribution in [0, 0.1) is 5.92 Å². The number of nitrogens with zero attached hydrogens (tertiary/aromatic N) is 2. The normalized spacial score (nSPS) is 17.3. The van der Waals surface area contributed by atoms with E-state index in [9.17, 15) is 13.2 Å². The van der Waals surface area contributed by atoms with Crippen LogP contribution in [-0.4, -0.2) is 45.4 Å². The summed E-state index contributed by atoms with van der Waals surface area (Å²) in [5.74, 6) is 0.207. The summed E-state index contributed by atoms with van der Waals surface area (Å²) in [5, 5.41) is 2.94. The standard InChI is InChI=1S/C22H29N3O4S/c1-3-25(20-11-13-21(29-2)14-12-20)30(27,28)24-15-7-10-19(17-24)22(26)23-16-18-8-5-4-6-9-18/h4-6,8-9,11-14,19H,3,7,10,15-17H2,1-2H3,(H,23,26). The Balaban J connectivity index is 1.68. The molecule has 30 heavy (non-hydrogen) atoms. The van der Waals surface area contributed by atoms with Crippen molar-refractivity contribution in [1.82, 2.24) is 9.62 Å². The summed E-state index contributed by atoms with van der Waals surface area (Å²) < 4.78 is 34.6. The van der Waals surface area contributed by atoms with Crippen LogP contribution in [0.4, 0.5) is 5.69 Å². The fourth-order valence-electron chi connectivity index (χ4n) is 3.66. The molecule has 1 N–H and O–H groups in total. The Kier molecular flexibility index (Phi) is 7.33. The van der Waals surface area contributed by atoms with Crippen molar-refractivity contribution in [2.24, 2.45) is 5.92 Å². The quantitative estimate of drug-likeness (QED) is 0.697. The number of carbonyl (C=O) groups is 1. The van der Waals surface area contributed by atoms with Crippen LogP contribution in [0.1, 0.15) is 25.3 Å². The molecule has 0 saturated carbocycles. The summed E-state index contributed by atoms with van der Waals surface area (Å²) >= 11 is 0. The van der Waals surface area contributed by atoms with E-state index >= 15 is 0 Å². The number of benzene rings is 2. The number of hydrogen-bond donors (Lipinski definition) is 1. The zero-order valence-electron chi connectivity index (χ0n) is 17.5. The Morgan fingerprint density at radius 1 is 1.17 bits per heavy atom. The second-order valence-corrected chi connectivity index (χ2v) is 9.12. The number of piperidine rings is 1. The van der Waals surface area contributed by atoms with E-state index in [1.165, 1.54) is 8.61 Å². The maximum atomic E-state index is 13.3. The van der Waals surface area contributed by atoms with E-state index in [1.807, 2.05) is 30.3 Å². The molecular formula is C22H29N3O4S. The average Bonchev–Trinajstić information content (AvgIpc) is 2.79. The van der Waals surface area contributed by atoms with E-state index in [1.54, 1.807) is 38.3 Å². The highest BCUT2D eigenvalue weighted by molar-refractivity contribution is 7.90. The minimum Gasteiger partial charge on any atom is -0.497 e. The number of rotatable bonds is 8. The largest absolute Gasteiger partial charge is 0.497 e. The van der Waals surface area contributed by atoms with Crippen LogP contribution in [0.2, 0.25) is 0 Å². The third-order valence-electron chi connectivity index (χ3n) is 5.32. The van der Waals surface area contributed by atoms with E-state index in [-0.39, 0.29) is 18.4 Å². The van der Waals surface area contributed by atoms with E-state index in [2.05, 4.69) is 5.32 Å². The van der Waals surface area contributed by atoms with Crippen molar-refractivity contribution >= 4 is 21.8 Å². The van der Waals surface area contributed by atoms with Gasteiger partial charge in [0.1, 0.15) is 5.75 Å². The van der Waals surface area contributed by atoms with E-state index in [0.717, 1.165) is 5.56 Å². The average molecular weight is 432 g/mol. The van der Waals surface area contributed by atoms with Crippen LogP contribution in [0.3, 0.4) is 0 Å². The SMILES string of the molecule is CCN(c1ccc(OC)cc1)S(=O)(=O)N1CCCC(C(=O)NCc2ccccc2)C1. The lowest BCUT2D eigenvalue weighted by atomic mass is 9.99. The lowest BCUT2D eigenvalue weighted by Gasteiger charge is -2.35. The summed E-state index contributed by atoms with van der Waals surface area (Å²) in [6.45, 7) is 3.15. The van der Waals surface area contributed by atoms with Gasteiger partial charge < -0.3 is 10.1 Å². The molecule has 1 heterocycles.